The summed E-state index contributed by atoms with van der Waals surface area (Å²) in [5, 5.41) is 7.11. The zero-order valence-electron chi connectivity index (χ0n) is 13.7. The number of anilines is 1. The van der Waals surface area contributed by atoms with Crippen LogP contribution >= 0.6 is 0 Å². The quantitative estimate of drug-likeness (QED) is 0.918. The summed E-state index contributed by atoms with van der Waals surface area (Å²) >= 11 is 0. The predicted molar refractivity (Wildman–Crippen MR) is 88.4 cm³/mol. The highest BCUT2D eigenvalue weighted by molar-refractivity contribution is 5.92. The minimum Gasteiger partial charge on any atom is -0.380 e. The molecule has 0 radical (unpaired) electrons. The van der Waals surface area contributed by atoms with Crippen molar-refractivity contribution in [1.82, 2.24) is 14.7 Å². The van der Waals surface area contributed by atoms with E-state index in [9.17, 15) is 18.4 Å². The smallest absolute Gasteiger partial charge is 0.274 e. The number of carbonyl (C=O) groups is 1. The highest BCUT2D eigenvalue weighted by Crippen LogP contribution is 2.19. The summed E-state index contributed by atoms with van der Waals surface area (Å²) in [5.41, 5.74) is 0.391. The van der Waals surface area contributed by atoms with Crippen LogP contribution in [0.15, 0.2) is 35.1 Å². The first-order chi connectivity index (χ1) is 11.9. The average molecular weight is 348 g/mol. The van der Waals surface area contributed by atoms with Gasteiger partial charge in [-0.3, -0.25) is 9.59 Å². The number of likely N-dealkylation sites (tertiary alicyclic amines) is 1. The van der Waals surface area contributed by atoms with Crippen LogP contribution in [0.2, 0.25) is 0 Å². The zero-order chi connectivity index (χ0) is 18.0. The Balaban J connectivity index is 1.69. The molecule has 3 rings (SSSR count). The molecule has 0 spiro atoms. The van der Waals surface area contributed by atoms with Crippen LogP contribution < -0.4 is 10.9 Å². The van der Waals surface area contributed by atoms with Gasteiger partial charge in [0.1, 0.15) is 5.69 Å². The molecular weight excluding hydrogens is 330 g/mol. The van der Waals surface area contributed by atoms with Crippen molar-refractivity contribution in [1.29, 1.82) is 0 Å². The first-order valence-electron chi connectivity index (χ1n) is 7.99. The molecule has 0 aliphatic carbocycles. The van der Waals surface area contributed by atoms with E-state index in [4.69, 9.17) is 0 Å². The molecule has 1 unspecified atom stereocenters. The number of nitrogens with zero attached hydrogens (tertiary/aromatic N) is 3. The Morgan fingerprint density at radius 1 is 1.24 bits per heavy atom. The maximum absolute atomic E-state index is 13.3. The van der Waals surface area contributed by atoms with E-state index in [1.54, 1.807) is 4.90 Å². The summed E-state index contributed by atoms with van der Waals surface area (Å²) in [7, 11) is 1.49. The number of amides is 1. The highest BCUT2D eigenvalue weighted by atomic mass is 19.2. The Morgan fingerprint density at radius 3 is 2.76 bits per heavy atom. The third-order valence-corrected chi connectivity index (χ3v) is 4.18. The second-order valence-corrected chi connectivity index (χ2v) is 6.04. The first-order valence-corrected chi connectivity index (χ1v) is 7.99. The lowest BCUT2D eigenvalue weighted by molar-refractivity contribution is 0.0706. The number of nitrogens with one attached hydrogen (secondary N) is 1. The molecule has 132 valence electrons. The van der Waals surface area contributed by atoms with Gasteiger partial charge in [-0.2, -0.15) is 5.10 Å². The van der Waals surface area contributed by atoms with Crippen molar-refractivity contribution in [2.75, 3.05) is 18.4 Å². The summed E-state index contributed by atoms with van der Waals surface area (Å²) in [6.07, 6.45) is 1.59. The van der Waals surface area contributed by atoms with E-state index < -0.39 is 11.6 Å². The van der Waals surface area contributed by atoms with Crippen LogP contribution in [-0.4, -0.2) is 39.7 Å². The lowest BCUT2D eigenvalue weighted by atomic mass is 10.0. The van der Waals surface area contributed by atoms with E-state index in [1.807, 2.05) is 0 Å². The van der Waals surface area contributed by atoms with Gasteiger partial charge >= 0.3 is 0 Å². The number of hydrogen-bond acceptors (Lipinski definition) is 4. The van der Waals surface area contributed by atoms with Gasteiger partial charge in [-0.25, -0.2) is 13.5 Å². The van der Waals surface area contributed by atoms with Crippen LogP contribution in [0.1, 0.15) is 23.3 Å². The molecule has 6 nitrogen and oxygen atoms in total. The molecule has 25 heavy (non-hydrogen) atoms. The van der Waals surface area contributed by atoms with Gasteiger partial charge in [-0.1, -0.05) is 0 Å². The molecule has 1 aliphatic heterocycles. The van der Waals surface area contributed by atoms with Crippen LogP contribution in [0.4, 0.5) is 14.5 Å². The second-order valence-electron chi connectivity index (χ2n) is 6.04. The van der Waals surface area contributed by atoms with Crippen LogP contribution in [0.3, 0.4) is 0 Å². The van der Waals surface area contributed by atoms with Gasteiger partial charge in [0.15, 0.2) is 11.6 Å². The molecule has 2 aromatic rings. The normalized spacial score (nSPS) is 17.4. The van der Waals surface area contributed by atoms with E-state index in [1.165, 1.54) is 25.2 Å². The van der Waals surface area contributed by atoms with E-state index >= 15 is 0 Å². The lowest BCUT2D eigenvalue weighted by Crippen LogP contribution is -2.45. The Hall–Kier alpha value is -2.77. The third-order valence-electron chi connectivity index (χ3n) is 4.18. The number of piperidine rings is 1. The summed E-state index contributed by atoms with van der Waals surface area (Å²) in [4.78, 5) is 25.6. The molecule has 1 aromatic heterocycles. The van der Waals surface area contributed by atoms with Crippen LogP contribution in [-0.2, 0) is 7.05 Å². The van der Waals surface area contributed by atoms with Crippen molar-refractivity contribution in [2.45, 2.75) is 18.9 Å². The van der Waals surface area contributed by atoms with Gasteiger partial charge in [0.2, 0.25) is 0 Å². The Labute approximate surface area is 143 Å². The molecule has 1 aromatic carbocycles. The molecule has 8 heteroatoms. The van der Waals surface area contributed by atoms with Gasteiger partial charge in [-0.15, -0.1) is 0 Å². The summed E-state index contributed by atoms with van der Waals surface area (Å²) in [5.74, 6) is -2.07. The molecule has 1 atom stereocenters. The van der Waals surface area contributed by atoms with Crippen molar-refractivity contribution >= 4 is 11.6 Å². The Kier molecular flexibility index (Phi) is 4.78. The highest BCUT2D eigenvalue weighted by Gasteiger charge is 2.25. The van der Waals surface area contributed by atoms with E-state index in [2.05, 4.69) is 10.4 Å². The van der Waals surface area contributed by atoms with Crippen LogP contribution in [0.25, 0.3) is 0 Å². The summed E-state index contributed by atoms with van der Waals surface area (Å²) in [6.45, 7) is 1.00. The molecule has 1 saturated heterocycles. The fraction of sp³-hybridized carbons (Fsp3) is 0.353. The molecule has 1 fully saturated rings. The molecule has 1 amide bonds. The van der Waals surface area contributed by atoms with Gasteiger partial charge in [0, 0.05) is 44.0 Å². The number of aryl methyl sites for hydroxylation is 1. The maximum Gasteiger partial charge on any atom is 0.274 e. The van der Waals surface area contributed by atoms with Gasteiger partial charge in [-0.05, 0) is 31.0 Å². The lowest BCUT2D eigenvalue weighted by Gasteiger charge is -2.33. The van der Waals surface area contributed by atoms with Gasteiger partial charge < -0.3 is 10.2 Å². The van der Waals surface area contributed by atoms with Crippen molar-refractivity contribution in [3.63, 3.8) is 0 Å². The minimum absolute atomic E-state index is 0.0740. The first kappa shape index (κ1) is 17.1. The van der Waals surface area contributed by atoms with E-state index in [0.717, 1.165) is 29.7 Å². The minimum atomic E-state index is -0.914. The number of benzene rings is 1. The fourth-order valence-corrected chi connectivity index (χ4v) is 2.88. The van der Waals surface area contributed by atoms with Crippen LogP contribution in [0, 0.1) is 11.6 Å². The zero-order valence-corrected chi connectivity index (χ0v) is 13.7. The number of aromatic nitrogens is 2. The fourth-order valence-electron chi connectivity index (χ4n) is 2.88. The van der Waals surface area contributed by atoms with E-state index in [-0.39, 0.29) is 23.2 Å². The average Bonchev–Trinajstić information content (AvgIpc) is 2.60. The topological polar surface area (TPSA) is 67.2 Å². The standard InChI is InChI=1S/C17H18F2N4O2/c1-22-16(24)7-6-15(21-22)17(25)23-8-2-3-12(10-23)20-11-4-5-13(18)14(19)9-11/h4-7,9,12,20H,2-3,8,10H2,1H3. The largest absolute Gasteiger partial charge is 0.380 e. The molecule has 2 heterocycles. The van der Waals surface area contributed by atoms with Crippen molar-refractivity contribution < 1.29 is 13.6 Å². The molecule has 0 saturated carbocycles. The maximum atomic E-state index is 13.3. The van der Waals surface area contributed by atoms with Gasteiger partial charge in [0.05, 0.1) is 0 Å². The Bertz CT molecular complexity index is 853. The number of carbonyl (C=O) groups excluding carboxylic acids is 1. The molecule has 1 N–H and O–H groups in total. The Morgan fingerprint density at radius 2 is 2.04 bits per heavy atom. The number of hydrogen-bond donors (Lipinski definition) is 1. The molecule has 0 bridgehead atoms. The number of halogens is 2. The van der Waals surface area contributed by atoms with Crippen molar-refractivity contribution in [3.05, 3.63) is 58.0 Å². The SMILES string of the molecule is Cn1nc(C(=O)N2CCCC(Nc3ccc(F)c(F)c3)C2)ccc1=O. The molecule has 1 aliphatic rings. The van der Waals surface area contributed by atoms with Crippen LogP contribution in [0.5, 0.6) is 0 Å². The monoisotopic (exact) mass is 348 g/mol. The van der Waals surface area contributed by atoms with E-state index in [0.29, 0.717) is 18.8 Å². The van der Waals surface area contributed by atoms with Crippen molar-refractivity contribution in [3.8, 4) is 0 Å². The summed E-state index contributed by atoms with van der Waals surface area (Å²) in [6, 6.07) is 6.28. The van der Waals surface area contributed by atoms with Crippen molar-refractivity contribution in [2.24, 2.45) is 7.05 Å². The third kappa shape index (κ3) is 3.84. The number of rotatable bonds is 3. The predicted octanol–water partition coefficient (Wildman–Crippen LogP) is 1.78. The van der Waals surface area contributed by atoms with Gasteiger partial charge in [0.25, 0.3) is 11.5 Å². The summed E-state index contributed by atoms with van der Waals surface area (Å²) < 4.78 is 27.4. The second kappa shape index (κ2) is 7.00. The molecular formula is C17H18F2N4O2.